The van der Waals surface area contributed by atoms with E-state index in [2.05, 4.69) is 50.8 Å². The molecule has 1 saturated heterocycles. The molecule has 1 amide bonds. The van der Waals surface area contributed by atoms with Crippen molar-refractivity contribution in [1.82, 2.24) is 5.32 Å². The van der Waals surface area contributed by atoms with Crippen LogP contribution in [0.3, 0.4) is 0 Å². The molecule has 0 aromatic rings. The van der Waals surface area contributed by atoms with Crippen molar-refractivity contribution < 1.29 is 42.1 Å². The van der Waals surface area contributed by atoms with Crippen LogP contribution in [0.5, 0.6) is 0 Å². The minimum atomic E-state index is -0.656. The first-order valence-corrected chi connectivity index (χ1v) is 13.2. The Morgan fingerprint density at radius 3 is 2.77 bits per heavy atom. The SMILES string of the molecule is [3H]C1CC(OCC(=O)NCCCC[Si]OC(C)(C(C)CC)C(C)C(C)C)C(CO[N]=[V])O1. The van der Waals surface area contributed by atoms with Gasteiger partial charge in [-0.25, -0.2) is 0 Å². The summed E-state index contributed by atoms with van der Waals surface area (Å²) in [5.41, 5.74) is -0.0951. The summed E-state index contributed by atoms with van der Waals surface area (Å²) in [6, 6.07) is 1.01. The van der Waals surface area contributed by atoms with Crippen LogP contribution in [0.4, 0.5) is 0 Å². The molecular formula is C22H42N2O5SiV. The molecule has 6 atom stereocenters. The van der Waals surface area contributed by atoms with Crippen LogP contribution in [0.15, 0.2) is 3.95 Å². The minimum absolute atomic E-state index is 0.0399. The van der Waals surface area contributed by atoms with Crippen LogP contribution in [0.1, 0.15) is 68.6 Å². The van der Waals surface area contributed by atoms with Crippen LogP contribution in [0.25, 0.3) is 0 Å². The summed E-state index contributed by atoms with van der Waals surface area (Å²) in [6.45, 7) is 13.8. The number of nitrogens with one attached hydrogen (secondary N) is 1. The number of unbranched alkanes of at least 4 members (excludes halogenated alkanes) is 1. The van der Waals surface area contributed by atoms with E-state index in [0.717, 1.165) is 25.3 Å². The Morgan fingerprint density at radius 1 is 1.39 bits per heavy atom. The summed E-state index contributed by atoms with van der Waals surface area (Å²) in [5, 5.41) is 2.90. The summed E-state index contributed by atoms with van der Waals surface area (Å²) in [4.78, 5) is 17.0. The van der Waals surface area contributed by atoms with Gasteiger partial charge in [0.05, 0.1) is 5.60 Å². The predicted molar refractivity (Wildman–Crippen MR) is 118 cm³/mol. The Balaban J connectivity index is 2.21. The molecule has 1 N–H and O–H groups in total. The topological polar surface area (TPSA) is 78.4 Å². The molecule has 0 aliphatic carbocycles. The average molecular weight is 496 g/mol. The number of carbonyl (C=O) groups is 1. The second-order valence-corrected chi connectivity index (χ2v) is 10.1. The van der Waals surface area contributed by atoms with E-state index in [-0.39, 0.29) is 36.9 Å². The molecule has 179 valence electrons. The number of hydrogen-bond acceptors (Lipinski definition) is 6. The van der Waals surface area contributed by atoms with Gasteiger partial charge in [-0.05, 0) is 30.7 Å². The summed E-state index contributed by atoms with van der Waals surface area (Å²) >= 11 is 1.97. The van der Waals surface area contributed by atoms with Crippen molar-refractivity contribution in [2.24, 2.45) is 21.7 Å². The Hall–Kier alpha value is -0.0887. The molecule has 0 aromatic carbocycles. The molecule has 1 aliphatic heterocycles. The summed E-state index contributed by atoms with van der Waals surface area (Å²) in [5.74, 6) is 1.46. The number of nitrogens with zero attached hydrogens (tertiary/aromatic N) is 1. The van der Waals surface area contributed by atoms with Gasteiger partial charge in [0.15, 0.2) is 0 Å². The normalized spacial score (nSPS) is 25.6. The van der Waals surface area contributed by atoms with Gasteiger partial charge in [-0.2, -0.15) is 0 Å². The van der Waals surface area contributed by atoms with Gasteiger partial charge in [0.1, 0.15) is 0 Å². The van der Waals surface area contributed by atoms with Gasteiger partial charge in [0.25, 0.3) is 0 Å². The van der Waals surface area contributed by atoms with E-state index in [4.69, 9.17) is 20.1 Å². The van der Waals surface area contributed by atoms with E-state index in [1.807, 2.05) is 17.2 Å². The van der Waals surface area contributed by atoms with Gasteiger partial charge in [-0.1, -0.05) is 41.0 Å². The second kappa shape index (κ2) is 15.7. The van der Waals surface area contributed by atoms with Gasteiger partial charge in [0.2, 0.25) is 9.76 Å². The van der Waals surface area contributed by atoms with Crippen molar-refractivity contribution in [2.75, 3.05) is 26.3 Å². The monoisotopic (exact) mass is 495 g/mol. The summed E-state index contributed by atoms with van der Waals surface area (Å²) < 4.78 is 28.8. The molecule has 0 bridgehead atoms. The van der Waals surface area contributed by atoms with Crippen LogP contribution < -0.4 is 5.32 Å². The zero-order chi connectivity index (χ0) is 24.1. The molecule has 1 fully saturated rings. The van der Waals surface area contributed by atoms with Crippen molar-refractivity contribution >= 4 is 15.7 Å². The number of hydrogen-bond donors (Lipinski definition) is 1. The van der Waals surface area contributed by atoms with Crippen LogP contribution in [0, 0.1) is 17.8 Å². The number of carbonyl (C=O) groups excluding carboxylic acids is 1. The quantitative estimate of drug-likeness (QED) is 0.188. The number of rotatable bonds is 17. The molecular weight excluding hydrogens is 451 g/mol. The molecule has 0 aromatic heterocycles. The maximum atomic E-state index is 12.1. The van der Waals surface area contributed by atoms with E-state index in [9.17, 15) is 4.79 Å². The van der Waals surface area contributed by atoms with Gasteiger partial charge in [-0.15, -0.1) is 0 Å². The Kier molecular flexibility index (Phi) is 13.8. The zero-order valence-electron chi connectivity index (χ0n) is 21.1. The third kappa shape index (κ3) is 10.2. The van der Waals surface area contributed by atoms with Crippen LogP contribution in [-0.2, 0) is 40.8 Å². The first-order chi connectivity index (χ1) is 15.2. The van der Waals surface area contributed by atoms with E-state index >= 15 is 0 Å². The summed E-state index contributed by atoms with van der Waals surface area (Å²) in [6.07, 6.45) is 2.76. The van der Waals surface area contributed by atoms with Crippen molar-refractivity contribution in [1.29, 1.82) is 0 Å². The standard InChI is InChI=1S/C22H42N2O5Si.V/c1-7-17(4)22(6,18(5)16(2)3)29-30-13-9-8-11-24-21(25)15-27-19-10-12-26-20(19)14-28-23;/h16-20H,7-15H2,1-6H3,(H,24,25);/i12T;. The Morgan fingerprint density at radius 2 is 2.13 bits per heavy atom. The second-order valence-electron chi connectivity index (χ2n) is 8.88. The number of amides is 1. The average Bonchev–Trinajstić information content (AvgIpc) is 3.13. The van der Waals surface area contributed by atoms with Gasteiger partial charge in [0, 0.05) is 0 Å². The maximum absolute atomic E-state index is 12.1. The van der Waals surface area contributed by atoms with Crippen molar-refractivity contribution in [2.45, 2.75) is 91.1 Å². The van der Waals surface area contributed by atoms with Crippen LogP contribution in [0.2, 0.25) is 6.04 Å². The predicted octanol–water partition coefficient (Wildman–Crippen LogP) is 3.87. The van der Waals surface area contributed by atoms with Gasteiger partial charge in [-0.3, -0.25) is 0 Å². The first kappa shape index (κ1) is 27.2. The van der Waals surface area contributed by atoms with E-state index < -0.39 is 6.58 Å². The van der Waals surface area contributed by atoms with Gasteiger partial charge < -0.3 is 4.43 Å². The van der Waals surface area contributed by atoms with Gasteiger partial charge >= 0.3 is 111 Å². The molecule has 1 heterocycles. The Labute approximate surface area is 202 Å². The van der Waals surface area contributed by atoms with E-state index in [1.165, 1.54) is 0 Å². The Bertz CT molecular complexity index is 562. The first-order valence-electron chi connectivity index (χ1n) is 12.1. The molecule has 0 spiro atoms. The van der Waals surface area contributed by atoms with Crippen molar-refractivity contribution in [3.63, 3.8) is 0 Å². The third-order valence-corrected chi connectivity index (χ3v) is 7.88. The van der Waals surface area contributed by atoms with Crippen LogP contribution >= 0.6 is 0 Å². The molecule has 6 unspecified atom stereocenters. The molecule has 31 heavy (non-hydrogen) atoms. The fraction of sp³-hybridized carbons (Fsp3) is 0.955. The zero-order valence-corrected chi connectivity index (χ0v) is 22.5. The molecule has 1 aliphatic rings. The fourth-order valence-corrected chi connectivity index (χ4v) is 4.94. The van der Waals surface area contributed by atoms with Crippen molar-refractivity contribution in [3.8, 4) is 0 Å². The molecule has 2 radical (unpaired) electrons. The van der Waals surface area contributed by atoms with Crippen LogP contribution in [-0.4, -0.2) is 59.8 Å². The molecule has 7 nitrogen and oxygen atoms in total. The summed E-state index contributed by atoms with van der Waals surface area (Å²) in [7, 11) is 0.479. The molecule has 0 saturated carbocycles. The molecule has 9 heteroatoms. The van der Waals surface area contributed by atoms with E-state index in [1.54, 1.807) is 0 Å². The van der Waals surface area contributed by atoms with E-state index in [0.29, 0.717) is 40.5 Å². The molecule has 1 rings (SSSR count). The third-order valence-electron chi connectivity index (χ3n) is 6.55. The number of ether oxygens (including phenoxy) is 2. The fourth-order valence-electron chi connectivity index (χ4n) is 3.64. The van der Waals surface area contributed by atoms with Crippen molar-refractivity contribution in [3.05, 3.63) is 0 Å².